The molecule has 0 atom stereocenters. The second-order valence-corrected chi connectivity index (χ2v) is 9.83. The maximum atomic E-state index is 12.1. The van der Waals surface area contributed by atoms with Crippen molar-refractivity contribution in [3.8, 4) is 34.5 Å². The van der Waals surface area contributed by atoms with Crippen LogP contribution in [0.3, 0.4) is 0 Å². The normalized spacial score (nSPS) is 11.0. The van der Waals surface area contributed by atoms with E-state index in [2.05, 4.69) is 21.1 Å². The first-order valence-electron chi connectivity index (χ1n) is 14.6. The van der Waals surface area contributed by atoms with Crippen LogP contribution in [0.25, 0.3) is 0 Å². The standard InChI is InChI=1S/C32H46N4O8/c1-39-25-17-23(18-26(40-2)31(25)43-5)21-33-35-29(37)15-13-11-9-7-8-10-12-14-16-30(38)36-34-22-24-19-27(41-3)32(44-6)28(20-24)42-4/h17-22H,7-16H2,1-6H3,(H,35,37)(H,36,38). The fourth-order valence-corrected chi connectivity index (χ4v) is 4.45. The second-order valence-electron chi connectivity index (χ2n) is 9.83. The van der Waals surface area contributed by atoms with Gasteiger partial charge in [0, 0.05) is 24.0 Å². The van der Waals surface area contributed by atoms with Gasteiger partial charge >= 0.3 is 0 Å². The molecular weight excluding hydrogens is 568 g/mol. The summed E-state index contributed by atoms with van der Waals surface area (Å²) in [6, 6.07) is 7.01. The van der Waals surface area contributed by atoms with E-state index in [1.807, 2.05) is 0 Å². The van der Waals surface area contributed by atoms with Crippen LogP contribution in [0.1, 0.15) is 75.3 Å². The van der Waals surface area contributed by atoms with Gasteiger partial charge in [0.25, 0.3) is 0 Å². The molecule has 0 heterocycles. The van der Waals surface area contributed by atoms with E-state index in [1.165, 1.54) is 12.4 Å². The van der Waals surface area contributed by atoms with Crippen molar-refractivity contribution in [2.75, 3.05) is 42.7 Å². The minimum atomic E-state index is -0.125. The highest BCUT2D eigenvalue weighted by molar-refractivity contribution is 5.85. The van der Waals surface area contributed by atoms with Gasteiger partial charge in [-0.05, 0) is 37.1 Å². The van der Waals surface area contributed by atoms with Gasteiger partial charge in [0.15, 0.2) is 23.0 Å². The lowest BCUT2D eigenvalue weighted by molar-refractivity contribution is -0.122. The molecule has 242 valence electrons. The monoisotopic (exact) mass is 614 g/mol. The van der Waals surface area contributed by atoms with Crippen molar-refractivity contribution < 1.29 is 38.0 Å². The zero-order valence-corrected chi connectivity index (χ0v) is 26.7. The van der Waals surface area contributed by atoms with Gasteiger partial charge in [0.05, 0.1) is 55.1 Å². The molecule has 0 aliphatic rings. The Morgan fingerprint density at radius 2 is 0.818 bits per heavy atom. The van der Waals surface area contributed by atoms with Crippen molar-refractivity contribution in [1.82, 2.24) is 10.9 Å². The van der Waals surface area contributed by atoms with Gasteiger partial charge < -0.3 is 28.4 Å². The van der Waals surface area contributed by atoms with Gasteiger partial charge in [-0.1, -0.05) is 38.5 Å². The lowest BCUT2D eigenvalue weighted by Crippen LogP contribution is -2.17. The summed E-state index contributed by atoms with van der Waals surface area (Å²) in [5.41, 5.74) is 6.55. The van der Waals surface area contributed by atoms with E-state index in [0.29, 0.717) is 58.5 Å². The number of benzene rings is 2. The van der Waals surface area contributed by atoms with Crippen LogP contribution in [0.2, 0.25) is 0 Å². The topological polar surface area (TPSA) is 138 Å². The number of amides is 2. The smallest absolute Gasteiger partial charge is 0.240 e. The molecule has 0 aliphatic heterocycles. The Morgan fingerprint density at radius 1 is 0.523 bits per heavy atom. The number of methoxy groups -OCH3 is 6. The third-order valence-corrected chi connectivity index (χ3v) is 6.74. The van der Waals surface area contributed by atoms with Crippen LogP contribution in [-0.2, 0) is 9.59 Å². The number of unbranched alkanes of at least 4 members (excludes halogenated alkanes) is 7. The predicted molar refractivity (Wildman–Crippen MR) is 170 cm³/mol. The number of nitrogens with zero attached hydrogens (tertiary/aromatic N) is 2. The molecule has 2 N–H and O–H groups in total. The molecule has 2 amide bonds. The van der Waals surface area contributed by atoms with Crippen molar-refractivity contribution >= 4 is 24.2 Å². The van der Waals surface area contributed by atoms with Crippen LogP contribution in [0.15, 0.2) is 34.5 Å². The van der Waals surface area contributed by atoms with E-state index in [0.717, 1.165) is 51.4 Å². The Morgan fingerprint density at radius 3 is 1.09 bits per heavy atom. The van der Waals surface area contributed by atoms with Gasteiger partial charge in [0.2, 0.25) is 23.3 Å². The van der Waals surface area contributed by atoms with E-state index >= 15 is 0 Å². The van der Waals surface area contributed by atoms with Crippen molar-refractivity contribution in [3.05, 3.63) is 35.4 Å². The summed E-state index contributed by atoms with van der Waals surface area (Å²) >= 11 is 0. The minimum absolute atomic E-state index is 0.125. The Balaban J connectivity index is 1.54. The number of ether oxygens (including phenoxy) is 6. The first kappa shape index (κ1) is 35.7. The zero-order valence-electron chi connectivity index (χ0n) is 26.7. The Kier molecular flexibility index (Phi) is 16.6. The van der Waals surface area contributed by atoms with Crippen LogP contribution >= 0.6 is 0 Å². The van der Waals surface area contributed by atoms with Crippen LogP contribution < -0.4 is 39.3 Å². The van der Waals surface area contributed by atoms with Gasteiger partial charge in [-0.3, -0.25) is 9.59 Å². The van der Waals surface area contributed by atoms with Crippen molar-refractivity contribution in [3.63, 3.8) is 0 Å². The van der Waals surface area contributed by atoms with E-state index in [4.69, 9.17) is 28.4 Å². The lowest BCUT2D eigenvalue weighted by Gasteiger charge is -2.12. The number of carbonyl (C=O) groups is 2. The van der Waals surface area contributed by atoms with Crippen LogP contribution in [0.4, 0.5) is 0 Å². The molecule has 2 rings (SSSR count). The summed E-state index contributed by atoms with van der Waals surface area (Å²) in [4.78, 5) is 24.2. The maximum absolute atomic E-state index is 12.1. The molecule has 12 heteroatoms. The molecule has 0 fully saturated rings. The SMILES string of the molecule is COc1cc(C=NNC(=O)CCCCCCCCCCC(=O)NN=Cc2cc(OC)c(OC)c(OC)c2)cc(OC)c1OC. The molecule has 44 heavy (non-hydrogen) atoms. The summed E-state index contributed by atoms with van der Waals surface area (Å²) in [5, 5.41) is 8.08. The number of hydrogen-bond donors (Lipinski definition) is 2. The number of hydrogen-bond acceptors (Lipinski definition) is 10. The fourth-order valence-electron chi connectivity index (χ4n) is 4.45. The molecule has 12 nitrogen and oxygen atoms in total. The van der Waals surface area contributed by atoms with E-state index < -0.39 is 0 Å². The summed E-state index contributed by atoms with van der Waals surface area (Å²) < 4.78 is 31.9. The summed E-state index contributed by atoms with van der Waals surface area (Å²) in [6.07, 6.45) is 11.8. The van der Waals surface area contributed by atoms with Crippen LogP contribution in [0, 0.1) is 0 Å². The molecule has 0 unspecified atom stereocenters. The van der Waals surface area contributed by atoms with Gasteiger partial charge in [-0.2, -0.15) is 10.2 Å². The second kappa shape index (κ2) is 20.4. The molecule has 0 saturated carbocycles. The predicted octanol–water partition coefficient (Wildman–Crippen LogP) is 5.24. The highest BCUT2D eigenvalue weighted by atomic mass is 16.5. The number of carbonyl (C=O) groups excluding carboxylic acids is 2. The Labute approximate surface area is 260 Å². The fraction of sp³-hybridized carbons (Fsp3) is 0.500. The molecule has 2 aromatic carbocycles. The lowest BCUT2D eigenvalue weighted by atomic mass is 10.1. The largest absolute Gasteiger partial charge is 0.493 e. The number of nitrogens with one attached hydrogen (secondary N) is 2. The first-order valence-corrected chi connectivity index (χ1v) is 14.6. The molecule has 0 aromatic heterocycles. The average molecular weight is 615 g/mol. The molecular formula is C32H46N4O8. The third-order valence-electron chi connectivity index (χ3n) is 6.74. The van der Waals surface area contributed by atoms with Crippen molar-refractivity contribution in [1.29, 1.82) is 0 Å². The quantitative estimate of drug-likeness (QED) is 0.111. The summed E-state index contributed by atoms with van der Waals surface area (Å²) in [7, 11) is 9.25. The highest BCUT2D eigenvalue weighted by Gasteiger charge is 2.13. The van der Waals surface area contributed by atoms with Crippen molar-refractivity contribution in [2.45, 2.75) is 64.2 Å². The Bertz CT molecular complexity index is 1100. The van der Waals surface area contributed by atoms with E-state index in [-0.39, 0.29) is 11.8 Å². The number of hydrazone groups is 2. The minimum Gasteiger partial charge on any atom is -0.493 e. The molecule has 0 saturated heterocycles. The summed E-state index contributed by atoms with van der Waals surface area (Å²) in [6.45, 7) is 0. The molecule has 2 aromatic rings. The molecule has 0 bridgehead atoms. The van der Waals surface area contributed by atoms with Gasteiger partial charge in [0.1, 0.15) is 0 Å². The molecule has 0 aliphatic carbocycles. The maximum Gasteiger partial charge on any atom is 0.240 e. The Hall–Kier alpha value is -4.48. The summed E-state index contributed by atoms with van der Waals surface area (Å²) in [5.74, 6) is 2.80. The average Bonchev–Trinajstić information content (AvgIpc) is 3.04. The number of rotatable bonds is 21. The zero-order chi connectivity index (χ0) is 32.2. The van der Waals surface area contributed by atoms with Crippen LogP contribution in [-0.4, -0.2) is 66.9 Å². The van der Waals surface area contributed by atoms with Crippen LogP contribution in [0.5, 0.6) is 34.5 Å². The highest BCUT2D eigenvalue weighted by Crippen LogP contribution is 2.38. The van der Waals surface area contributed by atoms with E-state index in [1.54, 1.807) is 66.9 Å². The van der Waals surface area contributed by atoms with Gasteiger partial charge in [-0.25, -0.2) is 10.9 Å². The first-order chi connectivity index (χ1) is 21.4. The van der Waals surface area contributed by atoms with Crippen molar-refractivity contribution in [2.24, 2.45) is 10.2 Å². The third kappa shape index (κ3) is 12.0. The van der Waals surface area contributed by atoms with Gasteiger partial charge in [-0.15, -0.1) is 0 Å². The molecule has 0 spiro atoms. The molecule has 0 radical (unpaired) electrons. The van der Waals surface area contributed by atoms with E-state index in [9.17, 15) is 9.59 Å².